The first-order chi connectivity index (χ1) is 10.1. The maximum atomic E-state index is 13.2. The molecule has 112 valence electrons. The Morgan fingerprint density at radius 3 is 3.05 bits per heavy atom. The van der Waals surface area contributed by atoms with Gasteiger partial charge in [-0.2, -0.15) is 0 Å². The molecular formula is C15H17FN2O2S. The molecule has 2 aromatic rings. The molecule has 1 aromatic carbocycles. The van der Waals surface area contributed by atoms with Crippen LogP contribution >= 0.6 is 11.3 Å². The first-order valence-electron chi connectivity index (χ1n) is 6.66. The number of aromatic nitrogens is 1. The number of aliphatic hydroxyl groups is 1. The van der Waals surface area contributed by atoms with E-state index in [0.717, 1.165) is 0 Å². The lowest BCUT2D eigenvalue weighted by atomic mass is 10.2. The molecule has 2 N–H and O–H groups in total. The molecule has 1 amide bonds. The maximum absolute atomic E-state index is 13.2. The second-order valence-electron chi connectivity index (χ2n) is 4.92. The van der Waals surface area contributed by atoms with E-state index >= 15 is 0 Å². The number of carbonyl (C=O) groups excluding carboxylic acids is 1. The maximum Gasteiger partial charge on any atom is 0.226 e. The van der Waals surface area contributed by atoms with Gasteiger partial charge in [0.25, 0.3) is 0 Å². The van der Waals surface area contributed by atoms with E-state index in [1.165, 1.54) is 23.5 Å². The number of nitrogens with zero attached hydrogens (tertiary/aromatic N) is 1. The molecule has 0 spiro atoms. The van der Waals surface area contributed by atoms with E-state index in [2.05, 4.69) is 10.3 Å². The van der Waals surface area contributed by atoms with Gasteiger partial charge in [0.15, 0.2) is 0 Å². The highest BCUT2D eigenvalue weighted by Crippen LogP contribution is 2.24. The fourth-order valence-electron chi connectivity index (χ4n) is 1.72. The minimum Gasteiger partial charge on any atom is -0.396 e. The molecule has 4 nitrogen and oxygen atoms in total. The van der Waals surface area contributed by atoms with E-state index in [4.69, 9.17) is 5.11 Å². The topological polar surface area (TPSA) is 62.2 Å². The zero-order valence-electron chi connectivity index (χ0n) is 11.7. The van der Waals surface area contributed by atoms with Crippen molar-refractivity contribution in [1.29, 1.82) is 0 Å². The van der Waals surface area contributed by atoms with Gasteiger partial charge in [-0.3, -0.25) is 4.79 Å². The standard InChI is InChI=1S/C15H17FN2O2S/c1-10(8-19)7-17-14(20)6-13-9-21-15(18-13)11-3-2-4-12(16)5-11/h2-5,9-10,19H,6-8H2,1H3,(H,17,20). The molecule has 1 aromatic heterocycles. The SMILES string of the molecule is CC(CO)CNC(=O)Cc1csc(-c2cccc(F)c2)n1. The Labute approximate surface area is 126 Å². The summed E-state index contributed by atoms with van der Waals surface area (Å²) in [6.45, 7) is 2.34. The number of amides is 1. The van der Waals surface area contributed by atoms with E-state index in [9.17, 15) is 9.18 Å². The number of hydrogen-bond acceptors (Lipinski definition) is 4. The summed E-state index contributed by atoms with van der Waals surface area (Å²) in [5.41, 5.74) is 1.37. The van der Waals surface area contributed by atoms with E-state index in [-0.39, 0.29) is 30.7 Å². The van der Waals surface area contributed by atoms with Crippen molar-refractivity contribution < 1.29 is 14.3 Å². The Balaban J connectivity index is 1.96. The summed E-state index contributed by atoms with van der Waals surface area (Å²) in [6, 6.07) is 6.23. The molecule has 0 aliphatic rings. The van der Waals surface area contributed by atoms with Gasteiger partial charge in [-0.25, -0.2) is 9.37 Å². The van der Waals surface area contributed by atoms with Crippen molar-refractivity contribution in [2.45, 2.75) is 13.3 Å². The number of carbonyl (C=O) groups is 1. The van der Waals surface area contributed by atoms with Gasteiger partial charge < -0.3 is 10.4 Å². The van der Waals surface area contributed by atoms with Crippen LogP contribution < -0.4 is 5.32 Å². The van der Waals surface area contributed by atoms with Gasteiger partial charge in [-0.15, -0.1) is 11.3 Å². The number of rotatable bonds is 6. The predicted octanol–water partition coefficient (Wildman–Crippen LogP) is 2.24. The van der Waals surface area contributed by atoms with Crippen molar-refractivity contribution in [3.05, 3.63) is 41.2 Å². The minimum absolute atomic E-state index is 0.0345. The second-order valence-corrected chi connectivity index (χ2v) is 5.78. The van der Waals surface area contributed by atoms with Crippen LogP contribution in [0.4, 0.5) is 4.39 Å². The molecular weight excluding hydrogens is 291 g/mol. The lowest BCUT2D eigenvalue weighted by Gasteiger charge is -2.08. The molecule has 0 radical (unpaired) electrons. The van der Waals surface area contributed by atoms with Crippen LogP contribution in [0.5, 0.6) is 0 Å². The lowest BCUT2D eigenvalue weighted by molar-refractivity contribution is -0.120. The summed E-state index contributed by atoms with van der Waals surface area (Å²) in [6.07, 6.45) is 0.184. The first kappa shape index (κ1) is 15.6. The smallest absolute Gasteiger partial charge is 0.226 e. The highest BCUT2D eigenvalue weighted by atomic mass is 32.1. The molecule has 0 fully saturated rings. The van der Waals surface area contributed by atoms with Crippen LogP contribution in [-0.4, -0.2) is 29.1 Å². The molecule has 1 atom stereocenters. The van der Waals surface area contributed by atoms with Gasteiger partial charge in [0, 0.05) is 24.1 Å². The Morgan fingerprint density at radius 1 is 1.52 bits per heavy atom. The number of hydrogen-bond donors (Lipinski definition) is 2. The van der Waals surface area contributed by atoms with Crippen LogP contribution in [0.1, 0.15) is 12.6 Å². The second kappa shape index (κ2) is 7.28. The van der Waals surface area contributed by atoms with Crippen LogP contribution in [0.15, 0.2) is 29.6 Å². The largest absolute Gasteiger partial charge is 0.396 e. The van der Waals surface area contributed by atoms with Gasteiger partial charge in [0.05, 0.1) is 12.1 Å². The van der Waals surface area contributed by atoms with Crippen LogP contribution in [0.3, 0.4) is 0 Å². The molecule has 0 aliphatic heterocycles. The average Bonchev–Trinajstić information content (AvgIpc) is 2.93. The molecule has 21 heavy (non-hydrogen) atoms. The fourth-order valence-corrected chi connectivity index (χ4v) is 2.54. The molecule has 2 rings (SSSR count). The number of thiazole rings is 1. The summed E-state index contributed by atoms with van der Waals surface area (Å²) in [5, 5.41) is 14.1. The van der Waals surface area contributed by atoms with Gasteiger partial charge in [-0.1, -0.05) is 19.1 Å². The third-order valence-electron chi connectivity index (χ3n) is 2.92. The summed E-state index contributed by atoms with van der Waals surface area (Å²) < 4.78 is 13.2. The monoisotopic (exact) mass is 308 g/mol. The van der Waals surface area contributed by atoms with Crippen molar-refractivity contribution >= 4 is 17.2 Å². The number of nitrogens with one attached hydrogen (secondary N) is 1. The van der Waals surface area contributed by atoms with Crippen molar-refractivity contribution in [1.82, 2.24) is 10.3 Å². The Morgan fingerprint density at radius 2 is 2.33 bits per heavy atom. The van der Waals surface area contributed by atoms with E-state index < -0.39 is 0 Å². The van der Waals surface area contributed by atoms with Crippen molar-refractivity contribution in [3.8, 4) is 10.6 Å². The van der Waals surface area contributed by atoms with Crippen molar-refractivity contribution in [3.63, 3.8) is 0 Å². The Bertz CT molecular complexity index is 615. The normalized spacial score (nSPS) is 12.1. The molecule has 6 heteroatoms. The predicted molar refractivity (Wildman–Crippen MR) is 80.5 cm³/mol. The molecule has 0 aliphatic carbocycles. The summed E-state index contributed by atoms with van der Waals surface area (Å²) in [4.78, 5) is 16.1. The van der Waals surface area contributed by atoms with Gasteiger partial charge >= 0.3 is 0 Å². The molecule has 1 heterocycles. The van der Waals surface area contributed by atoms with Crippen LogP contribution in [-0.2, 0) is 11.2 Å². The van der Waals surface area contributed by atoms with Crippen LogP contribution in [0, 0.1) is 11.7 Å². The van der Waals surface area contributed by atoms with E-state index in [0.29, 0.717) is 22.8 Å². The zero-order valence-corrected chi connectivity index (χ0v) is 12.5. The number of benzene rings is 1. The van der Waals surface area contributed by atoms with Gasteiger partial charge in [0.1, 0.15) is 10.8 Å². The Kier molecular flexibility index (Phi) is 5.41. The Hall–Kier alpha value is -1.79. The molecule has 0 saturated carbocycles. The summed E-state index contributed by atoms with van der Waals surface area (Å²) in [7, 11) is 0. The van der Waals surface area contributed by atoms with Crippen molar-refractivity contribution in [2.24, 2.45) is 5.92 Å². The third-order valence-corrected chi connectivity index (χ3v) is 3.86. The average molecular weight is 308 g/mol. The van der Waals surface area contributed by atoms with E-state index in [1.807, 2.05) is 6.92 Å². The summed E-state index contributed by atoms with van der Waals surface area (Å²) in [5.74, 6) is -0.404. The first-order valence-corrected chi connectivity index (χ1v) is 7.54. The highest BCUT2D eigenvalue weighted by Gasteiger charge is 2.10. The number of halogens is 1. The zero-order chi connectivity index (χ0) is 15.2. The highest BCUT2D eigenvalue weighted by molar-refractivity contribution is 7.13. The van der Waals surface area contributed by atoms with Crippen LogP contribution in [0.2, 0.25) is 0 Å². The van der Waals surface area contributed by atoms with Crippen LogP contribution in [0.25, 0.3) is 10.6 Å². The molecule has 0 saturated heterocycles. The number of aliphatic hydroxyl groups excluding tert-OH is 1. The quantitative estimate of drug-likeness (QED) is 0.860. The molecule has 1 unspecified atom stereocenters. The van der Waals surface area contributed by atoms with Gasteiger partial charge in [0.2, 0.25) is 5.91 Å². The summed E-state index contributed by atoms with van der Waals surface area (Å²) >= 11 is 1.38. The third kappa shape index (κ3) is 4.61. The fraction of sp³-hybridized carbons (Fsp3) is 0.333. The molecule has 0 bridgehead atoms. The minimum atomic E-state index is -0.306. The van der Waals surface area contributed by atoms with E-state index in [1.54, 1.807) is 17.5 Å². The van der Waals surface area contributed by atoms with Gasteiger partial charge in [-0.05, 0) is 18.1 Å². The van der Waals surface area contributed by atoms with Crippen molar-refractivity contribution in [2.75, 3.05) is 13.2 Å². The lowest BCUT2D eigenvalue weighted by Crippen LogP contribution is -2.30.